The molecule has 2 N–H and O–H groups in total. The fourth-order valence-corrected chi connectivity index (χ4v) is 2.79. The number of hydrogen-bond acceptors (Lipinski definition) is 5. The van der Waals surface area contributed by atoms with Crippen LogP contribution in [-0.4, -0.2) is 28.7 Å². The van der Waals surface area contributed by atoms with E-state index in [0.29, 0.717) is 11.0 Å². The van der Waals surface area contributed by atoms with Gasteiger partial charge in [0.2, 0.25) is 11.0 Å². The summed E-state index contributed by atoms with van der Waals surface area (Å²) in [6, 6.07) is -0.0625. The van der Waals surface area contributed by atoms with Crippen LogP contribution in [0.4, 0.5) is 5.13 Å². The number of hydrogen-bond donors (Lipinski definition) is 2. The molecule has 102 valence electrons. The molecule has 0 spiro atoms. The first-order valence-electron chi connectivity index (χ1n) is 6.02. The number of rotatable bonds is 4. The molecule has 0 saturated carbocycles. The molecule has 1 aliphatic heterocycles. The molecule has 2 heterocycles. The number of nitrogens with one attached hydrogen (secondary N) is 2. The van der Waals surface area contributed by atoms with Crippen molar-refractivity contribution in [1.29, 1.82) is 0 Å². The van der Waals surface area contributed by atoms with Gasteiger partial charge in [-0.3, -0.25) is 10.1 Å². The molecule has 1 aromatic heterocycles. The Hall–Kier alpha value is -0.720. The minimum Gasteiger partial charge on any atom is -0.306 e. The number of anilines is 1. The molecule has 1 fully saturated rings. The number of aromatic nitrogens is 2. The Labute approximate surface area is 117 Å². The van der Waals surface area contributed by atoms with Crippen LogP contribution in [-0.2, 0) is 11.2 Å². The lowest BCUT2D eigenvalue weighted by Crippen LogP contribution is -2.35. The summed E-state index contributed by atoms with van der Waals surface area (Å²) in [6.45, 7) is 5.21. The van der Waals surface area contributed by atoms with Gasteiger partial charge in [0.25, 0.3) is 0 Å². The summed E-state index contributed by atoms with van der Waals surface area (Å²) in [5, 5.41) is 15.6. The molecule has 1 saturated heterocycles. The maximum absolute atomic E-state index is 11.8. The summed E-state index contributed by atoms with van der Waals surface area (Å²) in [7, 11) is 0. The lowest BCUT2D eigenvalue weighted by Gasteiger charge is -2.07. The van der Waals surface area contributed by atoms with Crippen LogP contribution in [0.25, 0.3) is 0 Å². The van der Waals surface area contributed by atoms with Crippen molar-refractivity contribution in [3.63, 3.8) is 0 Å². The second-order valence-corrected chi connectivity index (χ2v) is 5.80. The predicted molar refractivity (Wildman–Crippen MR) is 75.4 cm³/mol. The van der Waals surface area contributed by atoms with Gasteiger partial charge in [0, 0.05) is 6.42 Å². The lowest BCUT2D eigenvalue weighted by atomic mass is 10.1. The number of halogens is 1. The summed E-state index contributed by atoms with van der Waals surface area (Å²) in [6.07, 6.45) is 2.88. The van der Waals surface area contributed by atoms with Crippen LogP contribution < -0.4 is 10.6 Å². The Balaban J connectivity index is 0.00000162. The fraction of sp³-hybridized carbons (Fsp3) is 0.727. The summed E-state index contributed by atoms with van der Waals surface area (Å²) < 4.78 is 0. The molecular formula is C11H19ClN4OS. The van der Waals surface area contributed by atoms with Crippen molar-refractivity contribution in [2.45, 2.75) is 39.2 Å². The Kier molecular flexibility index (Phi) is 5.98. The van der Waals surface area contributed by atoms with E-state index in [2.05, 4.69) is 34.7 Å². The van der Waals surface area contributed by atoms with Crippen LogP contribution in [0.15, 0.2) is 0 Å². The molecule has 1 aromatic rings. The Bertz CT molecular complexity index is 390. The zero-order chi connectivity index (χ0) is 12.3. The van der Waals surface area contributed by atoms with Crippen molar-refractivity contribution in [2.24, 2.45) is 5.92 Å². The Morgan fingerprint density at radius 2 is 2.33 bits per heavy atom. The van der Waals surface area contributed by atoms with E-state index in [9.17, 15) is 4.79 Å². The number of nitrogens with zero attached hydrogens (tertiary/aromatic N) is 2. The van der Waals surface area contributed by atoms with Gasteiger partial charge in [0.05, 0.1) is 6.04 Å². The topological polar surface area (TPSA) is 66.9 Å². The van der Waals surface area contributed by atoms with Crippen LogP contribution in [0.5, 0.6) is 0 Å². The second kappa shape index (κ2) is 7.01. The van der Waals surface area contributed by atoms with E-state index < -0.39 is 0 Å². The molecule has 0 bridgehead atoms. The molecule has 5 nitrogen and oxygen atoms in total. The quantitative estimate of drug-likeness (QED) is 0.888. The highest BCUT2D eigenvalue weighted by Gasteiger charge is 2.22. The molecule has 1 aliphatic rings. The Morgan fingerprint density at radius 3 is 2.94 bits per heavy atom. The molecule has 0 radical (unpaired) electrons. The van der Waals surface area contributed by atoms with Crippen molar-refractivity contribution in [1.82, 2.24) is 15.5 Å². The zero-order valence-corrected chi connectivity index (χ0v) is 12.2. The standard InChI is InChI=1S/C11H18N4OS.ClH/c1-7(2)6-9-14-15-11(17-9)13-10(16)8-4-3-5-12-8;/h7-8,12H,3-6H2,1-2H3,(H,13,15,16);1H. The summed E-state index contributed by atoms with van der Waals surface area (Å²) >= 11 is 1.47. The third-order valence-corrected chi connectivity index (χ3v) is 3.52. The van der Waals surface area contributed by atoms with E-state index in [1.807, 2.05) is 0 Å². The lowest BCUT2D eigenvalue weighted by molar-refractivity contribution is -0.117. The molecule has 1 amide bonds. The first-order valence-corrected chi connectivity index (χ1v) is 6.83. The highest BCUT2D eigenvalue weighted by atomic mass is 35.5. The number of amides is 1. The van der Waals surface area contributed by atoms with Crippen molar-refractivity contribution >= 4 is 34.8 Å². The zero-order valence-electron chi connectivity index (χ0n) is 10.6. The van der Waals surface area contributed by atoms with Crippen molar-refractivity contribution in [3.8, 4) is 0 Å². The van der Waals surface area contributed by atoms with Crippen molar-refractivity contribution < 1.29 is 4.79 Å². The maximum Gasteiger partial charge on any atom is 0.243 e. The normalized spacial score (nSPS) is 18.7. The van der Waals surface area contributed by atoms with Gasteiger partial charge in [-0.25, -0.2) is 0 Å². The number of carbonyl (C=O) groups is 1. The van der Waals surface area contributed by atoms with Crippen molar-refractivity contribution in [3.05, 3.63) is 5.01 Å². The van der Waals surface area contributed by atoms with Crippen LogP contribution in [0.2, 0.25) is 0 Å². The molecule has 0 aliphatic carbocycles. The monoisotopic (exact) mass is 290 g/mol. The van der Waals surface area contributed by atoms with Crippen LogP contribution in [0.3, 0.4) is 0 Å². The van der Waals surface area contributed by atoms with Crippen LogP contribution in [0.1, 0.15) is 31.7 Å². The highest BCUT2D eigenvalue weighted by Crippen LogP contribution is 2.19. The minimum absolute atomic E-state index is 0. The SMILES string of the molecule is CC(C)Cc1nnc(NC(=O)C2CCCN2)s1.Cl. The smallest absolute Gasteiger partial charge is 0.243 e. The Morgan fingerprint density at radius 1 is 1.56 bits per heavy atom. The van der Waals surface area contributed by atoms with Gasteiger partial charge in [0.15, 0.2) is 0 Å². The maximum atomic E-state index is 11.8. The average Bonchev–Trinajstić information content (AvgIpc) is 2.87. The van der Waals surface area contributed by atoms with Gasteiger partial charge in [-0.1, -0.05) is 25.2 Å². The summed E-state index contributed by atoms with van der Waals surface area (Å²) in [5.74, 6) is 0.567. The minimum atomic E-state index is -0.0625. The molecular weight excluding hydrogens is 272 g/mol. The van der Waals surface area contributed by atoms with E-state index in [-0.39, 0.29) is 24.4 Å². The molecule has 1 unspecified atom stereocenters. The van der Waals surface area contributed by atoms with Gasteiger partial charge < -0.3 is 5.32 Å². The second-order valence-electron chi connectivity index (χ2n) is 4.74. The van der Waals surface area contributed by atoms with E-state index in [4.69, 9.17) is 0 Å². The van der Waals surface area contributed by atoms with Gasteiger partial charge in [0.1, 0.15) is 5.01 Å². The first kappa shape index (κ1) is 15.3. The van der Waals surface area contributed by atoms with E-state index in [1.165, 1.54) is 11.3 Å². The van der Waals surface area contributed by atoms with Crippen LogP contribution >= 0.6 is 23.7 Å². The molecule has 7 heteroatoms. The number of carbonyl (C=O) groups excluding carboxylic acids is 1. The van der Waals surface area contributed by atoms with E-state index in [1.54, 1.807) is 0 Å². The summed E-state index contributed by atoms with van der Waals surface area (Å²) in [5.41, 5.74) is 0. The van der Waals surface area contributed by atoms with E-state index >= 15 is 0 Å². The van der Waals surface area contributed by atoms with Gasteiger partial charge in [-0.2, -0.15) is 0 Å². The predicted octanol–water partition coefficient (Wildman–Crippen LogP) is 1.85. The molecule has 18 heavy (non-hydrogen) atoms. The fourth-order valence-electron chi connectivity index (χ4n) is 1.84. The largest absolute Gasteiger partial charge is 0.306 e. The third-order valence-electron chi connectivity index (χ3n) is 2.66. The van der Waals surface area contributed by atoms with Gasteiger partial charge >= 0.3 is 0 Å². The highest BCUT2D eigenvalue weighted by molar-refractivity contribution is 7.15. The van der Waals surface area contributed by atoms with Crippen LogP contribution in [0, 0.1) is 5.92 Å². The summed E-state index contributed by atoms with van der Waals surface area (Å²) in [4.78, 5) is 11.8. The average molecular weight is 291 g/mol. The first-order chi connectivity index (χ1) is 8.15. The molecule has 0 aromatic carbocycles. The van der Waals surface area contributed by atoms with Gasteiger partial charge in [-0.05, 0) is 25.3 Å². The van der Waals surface area contributed by atoms with E-state index in [0.717, 1.165) is 30.8 Å². The molecule has 2 rings (SSSR count). The van der Waals surface area contributed by atoms with Gasteiger partial charge in [-0.15, -0.1) is 22.6 Å². The van der Waals surface area contributed by atoms with Crippen molar-refractivity contribution in [2.75, 3.05) is 11.9 Å². The molecule has 1 atom stereocenters. The third kappa shape index (κ3) is 4.19.